The first-order chi connectivity index (χ1) is 6.29. The average molecular weight is 182 g/mol. The molecular weight excluding hydrogens is 172 g/mol. The molecule has 1 atom stereocenters. The number of hydrogen-bond donors (Lipinski definition) is 1. The zero-order chi connectivity index (χ0) is 9.26. The van der Waals surface area contributed by atoms with Gasteiger partial charge in [-0.3, -0.25) is 9.59 Å². The van der Waals surface area contributed by atoms with Crippen molar-refractivity contribution in [1.82, 2.24) is 10.2 Å². The fourth-order valence-electron chi connectivity index (χ4n) is 1.41. The van der Waals surface area contributed by atoms with Crippen molar-refractivity contribution >= 4 is 11.8 Å². The number of rotatable bonds is 1. The Morgan fingerprint density at radius 2 is 2.08 bits per heavy atom. The van der Waals surface area contributed by atoms with Gasteiger partial charge < -0.3 is 10.1 Å². The third-order valence-corrected chi connectivity index (χ3v) is 2.04. The van der Waals surface area contributed by atoms with Crippen molar-refractivity contribution in [3.8, 4) is 0 Å². The van der Waals surface area contributed by atoms with Crippen LogP contribution in [0.3, 0.4) is 0 Å². The van der Waals surface area contributed by atoms with Gasteiger partial charge in [-0.05, 0) is 0 Å². The molecule has 5 nitrogen and oxygen atoms in total. The van der Waals surface area contributed by atoms with Crippen LogP contribution in [0.4, 0.5) is 0 Å². The Balaban J connectivity index is 2.07. The van der Waals surface area contributed by atoms with E-state index in [9.17, 15) is 9.59 Å². The van der Waals surface area contributed by atoms with Gasteiger partial charge in [0.15, 0.2) is 6.23 Å². The first-order valence-electron chi connectivity index (χ1n) is 4.16. The van der Waals surface area contributed by atoms with E-state index in [0.29, 0.717) is 13.2 Å². The summed E-state index contributed by atoms with van der Waals surface area (Å²) < 4.78 is 5.28. The molecule has 2 aliphatic heterocycles. The molecule has 0 radical (unpaired) electrons. The van der Waals surface area contributed by atoms with Crippen LogP contribution in [0, 0.1) is 0 Å². The molecule has 0 aromatic rings. The van der Waals surface area contributed by atoms with Crippen LogP contribution < -0.4 is 5.32 Å². The molecule has 5 heteroatoms. The zero-order valence-electron chi connectivity index (χ0n) is 7.03. The maximum absolute atomic E-state index is 11.2. The molecule has 2 rings (SSSR count). The highest BCUT2D eigenvalue weighted by molar-refractivity contribution is 6.13. The van der Waals surface area contributed by atoms with Gasteiger partial charge in [-0.25, -0.2) is 4.90 Å². The van der Waals surface area contributed by atoms with Gasteiger partial charge in [-0.2, -0.15) is 0 Å². The molecule has 2 amide bonds. The number of carbonyl (C=O) groups is 2. The molecule has 0 aliphatic carbocycles. The fourth-order valence-corrected chi connectivity index (χ4v) is 1.41. The summed E-state index contributed by atoms with van der Waals surface area (Å²) in [5.74, 6) is -0.586. The topological polar surface area (TPSA) is 58.6 Å². The summed E-state index contributed by atoms with van der Waals surface area (Å²) in [5, 5.41) is 3.05. The van der Waals surface area contributed by atoms with Gasteiger partial charge in [0, 0.05) is 25.2 Å². The highest BCUT2D eigenvalue weighted by Crippen LogP contribution is 2.11. The Hall–Kier alpha value is -1.20. The van der Waals surface area contributed by atoms with Crippen LogP contribution in [-0.4, -0.2) is 42.6 Å². The van der Waals surface area contributed by atoms with Crippen molar-refractivity contribution in [1.29, 1.82) is 0 Å². The lowest BCUT2D eigenvalue weighted by Crippen LogP contribution is -2.51. The maximum atomic E-state index is 11.2. The van der Waals surface area contributed by atoms with Crippen molar-refractivity contribution < 1.29 is 14.3 Å². The molecule has 0 bridgehead atoms. The number of hydrogen-bond acceptors (Lipinski definition) is 4. The number of carbonyl (C=O) groups excluding carboxylic acids is 2. The van der Waals surface area contributed by atoms with Crippen molar-refractivity contribution in [3.63, 3.8) is 0 Å². The van der Waals surface area contributed by atoms with Crippen molar-refractivity contribution in [2.45, 2.75) is 6.23 Å². The van der Waals surface area contributed by atoms with Crippen LogP contribution in [0.1, 0.15) is 0 Å². The van der Waals surface area contributed by atoms with Gasteiger partial charge in [0.2, 0.25) is 0 Å². The summed E-state index contributed by atoms with van der Waals surface area (Å²) in [6.45, 7) is 1.81. The lowest BCUT2D eigenvalue weighted by Gasteiger charge is -2.29. The van der Waals surface area contributed by atoms with E-state index in [2.05, 4.69) is 5.32 Å². The van der Waals surface area contributed by atoms with E-state index in [1.807, 2.05) is 0 Å². The number of nitrogens with zero attached hydrogens (tertiary/aromatic N) is 1. The summed E-state index contributed by atoms with van der Waals surface area (Å²) in [6, 6.07) is 0. The van der Waals surface area contributed by atoms with Crippen LogP contribution in [0.15, 0.2) is 12.2 Å². The number of nitrogens with one attached hydrogen (secondary N) is 1. The van der Waals surface area contributed by atoms with Gasteiger partial charge in [0.05, 0.1) is 6.61 Å². The Labute approximate surface area is 75.3 Å². The third kappa shape index (κ3) is 1.48. The molecule has 2 heterocycles. The summed E-state index contributed by atoms with van der Waals surface area (Å²) in [7, 11) is 0. The molecule has 1 saturated heterocycles. The van der Waals surface area contributed by atoms with Crippen LogP contribution in [0.25, 0.3) is 0 Å². The minimum absolute atomic E-state index is 0.293. The van der Waals surface area contributed by atoms with Crippen molar-refractivity contribution in [2.24, 2.45) is 0 Å². The lowest BCUT2D eigenvalue weighted by molar-refractivity contribution is -0.154. The quantitative estimate of drug-likeness (QED) is 0.521. The number of imide groups is 1. The Morgan fingerprint density at radius 3 is 2.62 bits per heavy atom. The second-order valence-corrected chi connectivity index (χ2v) is 2.91. The molecule has 2 aliphatic rings. The third-order valence-electron chi connectivity index (χ3n) is 2.04. The van der Waals surface area contributed by atoms with Gasteiger partial charge in [0.1, 0.15) is 0 Å². The number of amides is 2. The Morgan fingerprint density at radius 1 is 1.38 bits per heavy atom. The van der Waals surface area contributed by atoms with E-state index in [1.165, 1.54) is 12.2 Å². The van der Waals surface area contributed by atoms with E-state index in [4.69, 9.17) is 4.74 Å². The molecular formula is C8H10N2O3. The normalized spacial score (nSPS) is 28.6. The highest BCUT2D eigenvalue weighted by atomic mass is 16.5. The molecule has 0 aromatic heterocycles. The van der Waals surface area contributed by atoms with Crippen LogP contribution in [0.5, 0.6) is 0 Å². The molecule has 13 heavy (non-hydrogen) atoms. The summed E-state index contributed by atoms with van der Waals surface area (Å²) in [5.41, 5.74) is 0. The van der Waals surface area contributed by atoms with Gasteiger partial charge in [0.25, 0.3) is 11.8 Å². The van der Waals surface area contributed by atoms with E-state index in [1.54, 1.807) is 0 Å². The summed E-state index contributed by atoms with van der Waals surface area (Å²) in [4.78, 5) is 23.5. The molecule has 1 N–H and O–H groups in total. The molecule has 1 unspecified atom stereocenters. The smallest absolute Gasteiger partial charge is 0.255 e. The van der Waals surface area contributed by atoms with E-state index in [0.717, 1.165) is 11.4 Å². The van der Waals surface area contributed by atoms with Gasteiger partial charge in [-0.15, -0.1) is 0 Å². The first-order valence-corrected chi connectivity index (χ1v) is 4.16. The minimum Gasteiger partial charge on any atom is -0.355 e. The standard InChI is InChI=1S/C8H10N2O3/c11-6-1-2-7(12)10(6)8-5-9-3-4-13-8/h1-2,8-9H,3-5H2. The SMILES string of the molecule is O=C1C=CC(=O)N1C1CNCCO1. The molecule has 0 aromatic carbocycles. The largest absolute Gasteiger partial charge is 0.355 e. The van der Waals surface area contributed by atoms with Crippen molar-refractivity contribution in [2.75, 3.05) is 19.7 Å². The van der Waals surface area contributed by atoms with Gasteiger partial charge in [-0.1, -0.05) is 0 Å². The molecule has 0 saturated carbocycles. The second-order valence-electron chi connectivity index (χ2n) is 2.91. The average Bonchev–Trinajstić information content (AvgIpc) is 2.48. The van der Waals surface area contributed by atoms with Crippen LogP contribution >= 0.6 is 0 Å². The molecule has 1 fully saturated rings. The predicted octanol–water partition coefficient (Wildman–Crippen LogP) is -1.14. The van der Waals surface area contributed by atoms with Crippen LogP contribution in [-0.2, 0) is 14.3 Å². The zero-order valence-corrected chi connectivity index (χ0v) is 7.03. The summed E-state index contributed by atoms with van der Waals surface area (Å²) >= 11 is 0. The van der Waals surface area contributed by atoms with Crippen molar-refractivity contribution in [3.05, 3.63) is 12.2 Å². The predicted molar refractivity (Wildman–Crippen MR) is 43.6 cm³/mol. The van der Waals surface area contributed by atoms with E-state index >= 15 is 0 Å². The second kappa shape index (κ2) is 3.27. The monoisotopic (exact) mass is 182 g/mol. The summed E-state index contributed by atoms with van der Waals surface area (Å²) in [6.07, 6.45) is 2.09. The Kier molecular flexibility index (Phi) is 2.12. The Bertz CT molecular complexity index is 251. The lowest BCUT2D eigenvalue weighted by atomic mass is 10.4. The number of morpholine rings is 1. The number of ether oxygens (including phenoxy) is 1. The maximum Gasteiger partial charge on any atom is 0.255 e. The fraction of sp³-hybridized carbons (Fsp3) is 0.500. The van der Waals surface area contributed by atoms with Crippen LogP contribution in [0.2, 0.25) is 0 Å². The highest BCUT2D eigenvalue weighted by Gasteiger charge is 2.32. The minimum atomic E-state index is -0.441. The van der Waals surface area contributed by atoms with E-state index in [-0.39, 0.29) is 11.8 Å². The molecule has 0 spiro atoms. The van der Waals surface area contributed by atoms with E-state index < -0.39 is 6.23 Å². The van der Waals surface area contributed by atoms with Gasteiger partial charge >= 0.3 is 0 Å². The molecule has 70 valence electrons. The first kappa shape index (κ1) is 8.40.